The van der Waals surface area contributed by atoms with E-state index in [1.165, 1.54) is 0 Å². The lowest BCUT2D eigenvalue weighted by molar-refractivity contribution is 0.378. The lowest BCUT2D eigenvalue weighted by atomic mass is 9.90. The van der Waals surface area contributed by atoms with Crippen molar-refractivity contribution < 1.29 is 0 Å². The molecule has 0 fully saturated rings. The highest BCUT2D eigenvalue weighted by Crippen LogP contribution is 2.20. The lowest BCUT2D eigenvalue weighted by Gasteiger charge is -2.24. The Hall–Kier alpha value is -1.03. The van der Waals surface area contributed by atoms with E-state index >= 15 is 0 Å². The van der Waals surface area contributed by atoms with Crippen molar-refractivity contribution in [1.29, 1.82) is 0 Å². The second-order valence-corrected chi connectivity index (χ2v) is 6.46. The van der Waals surface area contributed by atoms with E-state index in [2.05, 4.69) is 38.0 Å². The molecule has 0 saturated carbocycles. The summed E-state index contributed by atoms with van der Waals surface area (Å²) in [5.41, 5.74) is -0.00734. The molecule has 4 nitrogen and oxygen atoms in total. The highest BCUT2D eigenvalue weighted by Gasteiger charge is 2.18. The molecule has 1 rings (SSSR count). The van der Waals surface area contributed by atoms with Gasteiger partial charge in [-0.3, -0.25) is 4.79 Å². The molecule has 0 aliphatic heterocycles. The van der Waals surface area contributed by atoms with Crippen LogP contribution in [-0.2, 0) is 6.54 Å². The molecule has 0 aliphatic rings. The molecule has 0 atom stereocenters. The molecule has 19 heavy (non-hydrogen) atoms. The van der Waals surface area contributed by atoms with Gasteiger partial charge in [0, 0.05) is 31.4 Å². The first kappa shape index (κ1) is 16.0. The Kier molecular flexibility index (Phi) is 5.85. The largest absolute Gasteiger partial charge is 0.365 e. The average Bonchev–Trinajstić information content (AvgIpc) is 2.29. The first-order chi connectivity index (χ1) is 8.85. The molecule has 0 saturated heterocycles. The SMILES string of the molecule is CC(C)Cn1ccnc(NCC(C)(C)CCCl)c1=O. The van der Waals surface area contributed by atoms with E-state index in [0.29, 0.717) is 30.7 Å². The Morgan fingerprint density at radius 2 is 2.16 bits per heavy atom. The first-order valence-corrected chi connectivity index (χ1v) is 7.24. The molecule has 1 heterocycles. The van der Waals surface area contributed by atoms with Crippen LogP contribution in [0, 0.1) is 11.3 Å². The van der Waals surface area contributed by atoms with Crippen LogP contribution in [0.2, 0.25) is 0 Å². The van der Waals surface area contributed by atoms with Gasteiger partial charge in [-0.15, -0.1) is 11.6 Å². The maximum absolute atomic E-state index is 12.2. The summed E-state index contributed by atoms with van der Waals surface area (Å²) in [4.78, 5) is 16.3. The monoisotopic (exact) mass is 285 g/mol. The molecule has 0 spiro atoms. The number of nitrogens with zero attached hydrogens (tertiary/aromatic N) is 2. The van der Waals surface area contributed by atoms with Gasteiger partial charge in [0.1, 0.15) is 0 Å². The number of rotatable bonds is 7. The number of aromatic nitrogens is 2. The maximum Gasteiger partial charge on any atom is 0.293 e. The first-order valence-electron chi connectivity index (χ1n) is 6.71. The molecular formula is C14H24ClN3O. The predicted molar refractivity (Wildman–Crippen MR) is 80.9 cm³/mol. The van der Waals surface area contributed by atoms with Crippen LogP contribution in [0.25, 0.3) is 0 Å². The minimum absolute atomic E-state index is 0.0502. The molecule has 0 radical (unpaired) electrons. The van der Waals surface area contributed by atoms with Crippen molar-refractivity contribution in [1.82, 2.24) is 9.55 Å². The third-order valence-corrected chi connectivity index (χ3v) is 3.17. The molecule has 108 valence electrons. The van der Waals surface area contributed by atoms with Crippen molar-refractivity contribution in [3.63, 3.8) is 0 Å². The van der Waals surface area contributed by atoms with Gasteiger partial charge in [-0.25, -0.2) is 4.98 Å². The zero-order valence-corrected chi connectivity index (χ0v) is 13.0. The summed E-state index contributed by atoms with van der Waals surface area (Å²) in [6.07, 6.45) is 4.30. The van der Waals surface area contributed by atoms with Crippen molar-refractivity contribution >= 4 is 17.4 Å². The molecule has 0 aromatic carbocycles. The van der Waals surface area contributed by atoms with Crippen LogP contribution in [0.15, 0.2) is 17.2 Å². The predicted octanol–water partition coefficient (Wildman–Crippen LogP) is 2.97. The molecule has 0 bridgehead atoms. The molecule has 5 heteroatoms. The van der Waals surface area contributed by atoms with E-state index in [1.54, 1.807) is 17.0 Å². The van der Waals surface area contributed by atoms with Gasteiger partial charge in [-0.1, -0.05) is 27.7 Å². The Morgan fingerprint density at radius 3 is 2.74 bits per heavy atom. The number of alkyl halides is 1. The zero-order valence-electron chi connectivity index (χ0n) is 12.2. The Balaban J connectivity index is 2.77. The normalized spacial score (nSPS) is 11.9. The second kappa shape index (κ2) is 6.94. The Morgan fingerprint density at radius 1 is 1.47 bits per heavy atom. The van der Waals surface area contributed by atoms with Gasteiger partial charge in [0.05, 0.1) is 0 Å². The van der Waals surface area contributed by atoms with Gasteiger partial charge in [-0.05, 0) is 17.8 Å². The highest BCUT2D eigenvalue weighted by atomic mass is 35.5. The van der Waals surface area contributed by atoms with Crippen LogP contribution in [0.5, 0.6) is 0 Å². The minimum atomic E-state index is -0.0575. The van der Waals surface area contributed by atoms with Crippen LogP contribution < -0.4 is 10.9 Å². The van der Waals surface area contributed by atoms with Crippen LogP contribution in [-0.4, -0.2) is 22.0 Å². The van der Waals surface area contributed by atoms with Crippen LogP contribution >= 0.6 is 11.6 Å². The summed E-state index contributed by atoms with van der Waals surface area (Å²) >= 11 is 5.77. The molecular weight excluding hydrogens is 262 g/mol. The van der Waals surface area contributed by atoms with E-state index in [9.17, 15) is 4.79 Å². The number of hydrogen-bond donors (Lipinski definition) is 1. The highest BCUT2D eigenvalue weighted by molar-refractivity contribution is 6.17. The van der Waals surface area contributed by atoms with E-state index in [0.717, 1.165) is 6.42 Å². The van der Waals surface area contributed by atoms with Crippen molar-refractivity contribution in [2.45, 2.75) is 40.7 Å². The summed E-state index contributed by atoms with van der Waals surface area (Å²) in [6, 6.07) is 0. The molecule has 1 aromatic heterocycles. The fourth-order valence-electron chi connectivity index (χ4n) is 1.77. The van der Waals surface area contributed by atoms with Gasteiger partial charge in [-0.2, -0.15) is 0 Å². The van der Waals surface area contributed by atoms with Gasteiger partial charge in [0.15, 0.2) is 5.82 Å². The van der Waals surface area contributed by atoms with Crippen LogP contribution in [0.4, 0.5) is 5.82 Å². The van der Waals surface area contributed by atoms with Crippen molar-refractivity contribution in [3.8, 4) is 0 Å². The lowest BCUT2D eigenvalue weighted by Crippen LogP contribution is -2.30. The van der Waals surface area contributed by atoms with Crippen LogP contribution in [0.1, 0.15) is 34.1 Å². The smallest absolute Gasteiger partial charge is 0.293 e. The summed E-state index contributed by atoms with van der Waals surface area (Å²) in [5.74, 6) is 1.47. The third-order valence-electron chi connectivity index (χ3n) is 2.98. The Bertz CT molecular complexity index is 454. The maximum atomic E-state index is 12.2. The fraction of sp³-hybridized carbons (Fsp3) is 0.714. The van der Waals surface area contributed by atoms with E-state index in [-0.39, 0.29) is 11.0 Å². The number of nitrogens with one attached hydrogen (secondary N) is 1. The quantitative estimate of drug-likeness (QED) is 0.784. The van der Waals surface area contributed by atoms with Gasteiger partial charge in [0.25, 0.3) is 5.56 Å². The molecule has 1 N–H and O–H groups in total. The second-order valence-electron chi connectivity index (χ2n) is 6.08. The molecule has 0 aliphatic carbocycles. The standard InChI is InChI=1S/C14H24ClN3O/c1-11(2)9-18-8-7-16-12(13(18)19)17-10-14(3,4)5-6-15/h7-8,11H,5-6,9-10H2,1-4H3,(H,16,17). The van der Waals surface area contributed by atoms with Crippen molar-refractivity contribution in [2.24, 2.45) is 11.3 Å². The van der Waals surface area contributed by atoms with Crippen molar-refractivity contribution in [3.05, 3.63) is 22.7 Å². The molecule has 1 aromatic rings. The number of hydrogen-bond acceptors (Lipinski definition) is 3. The van der Waals surface area contributed by atoms with E-state index in [1.807, 2.05) is 0 Å². The summed E-state index contributed by atoms with van der Waals surface area (Å²) in [7, 11) is 0. The number of anilines is 1. The summed E-state index contributed by atoms with van der Waals surface area (Å²) in [6.45, 7) is 9.82. The van der Waals surface area contributed by atoms with Crippen molar-refractivity contribution in [2.75, 3.05) is 17.7 Å². The molecule has 0 amide bonds. The summed E-state index contributed by atoms with van der Waals surface area (Å²) < 4.78 is 1.70. The van der Waals surface area contributed by atoms with Gasteiger partial charge >= 0.3 is 0 Å². The topological polar surface area (TPSA) is 46.9 Å². The van der Waals surface area contributed by atoms with E-state index in [4.69, 9.17) is 11.6 Å². The Labute approximate surface area is 120 Å². The van der Waals surface area contributed by atoms with Crippen LogP contribution in [0.3, 0.4) is 0 Å². The third kappa shape index (κ3) is 5.23. The fourth-order valence-corrected chi connectivity index (χ4v) is 2.28. The molecule has 0 unspecified atom stereocenters. The summed E-state index contributed by atoms with van der Waals surface area (Å²) in [5, 5.41) is 3.15. The van der Waals surface area contributed by atoms with Gasteiger partial charge in [0.2, 0.25) is 0 Å². The van der Waals surface area contributed by atoms with Gasteiger partial charge < -0.3 is 9.88 Å². The minimum Gasteiger partial charge on any atom is -0.365 e. The number of halogens is 1. The average molecular weight is 286 g/mol. The van der Waals surface area contributed by atoms with E-state index < -0.39 is 0 Å². The zero-order chi connectivity index (χ0) is 14.5.